The number of ether oxygens (including phenoxy) is 1. The third-order valence-electron chi connectivity index (χ3n) is 4.13. The first-order valence-corrected chi connectivity index (χ1v) is 11.1. The third kappa shape index (κ3) is 4.72. The van der Waals surface area contributed by atoms with Gasteiger partial charge in [-0.2, -0.15) is 0 Å². The Kier molecular flexibility index (Phi) is 6.72. The van der Waals surface area contributed by atoms with E-state index >= 15 is 0 Å². The molecule has 2 aromatic rings. The van der Waals surface area contributed by atoms with Crippen molar-refractivity contribution in [1.82, 2.24) is 4.90 Å². The van der Waals surface area contributed by atoms with Crippen molar-refractivity contribution in [1.29, 1.82) is 0 Å². The fourth-order valence-corrected chi connectivity index (χ4v) is 5.05. The summed E-state index contributed by atoms with van der Waals surface area (Å²) in [6.07, 6.45) is 1.54. The molecule has 0 aromatic heterocycles. The van der Waals surface area contributed by atoms with E-state index in [1.165, 1.54) is 4.90 Å². The molecule has 28 heavy (non-hydrogen) atoms. The van der Waals surface area contributed by atoms with Gasteiger partial charge in [0, 0.05) is 10.0 Å². The number of hydrogen-bond donors (Lipinski definition) is 1. The van der Waals surface area contributed by atoms with Crippen LogP contribution in [0.25, 0.3) is 6.08 Å². The van der Waals surface area contributed by atoms with Crippen LogP contribution in [0.3, 0.4) is 0 Å². The number of phenols is 1. The second kappa shape index (κ2) is 8.87. The van der Waals surface area contributed by atoms with Gasteiger partial charge >= 0.3 is 0 Å². The van der Waals surface area contributed by atoms with Gasteiger partial charge in [-0.15, -0.1) is 0 Å². The van der Waals surface area contributed by atoms with E-state index in [4.69, 9.17) is 4.74 Å². The lowest BCUT2D eigenvalue weighted by Crippen LogP contribution is -2.32. The molecule has 5 nitrogen and oxygen atoms in total. The molecule has 1 fully saturated rings. The lowest BCUT2D eigenvalue weighted by atomic mass is 10.1. The van der Waals surface area contributed by atoms with Gasteiger partial charge in [0.1, 0.15) is 18.1 Å². The number of amides is 2. The van der Waals surface area contributed by atoms with Crippen molar-refractivity contribution in [3.63, 3.8) is 0 Å². The topological polar surface area (TPSA) is 66.8 Å². The Morgan fingerprint density at radius 3 is 2.75 bits per heavy atom. The lowest BCUT2D eigenvalue weighted by Gasteiger charge is -2.14. The van der Waals surface area contributed by atoms with Gasteiger partial charge in [-0.1, -0.05) is 28.1 Å². The van der Waals surface area contributed by atoms with Crippen LogP contribution >= 0.6 is 50.3 Å². The number of rotatable bonds is 5. The fourth-order valence-electron chi connectivity index (χ4n) is 2.64. The van der Waals surface area contributed by atoms with Gasteiger partial charge in [-0.25, -0.2) is 0 Å². The van der Waals surface area contributed by atoms with Crippen LogP contribution in [0.15, 0.2) is 39.7 Å². The number of hydrogen-bond acceptors (Lipinski definition) is 5. The summed E-state index contributed by atoms with van der Waals surface area (Å²) >= 11 is 6.24. The summed E-state index contributed by atoms with van der Waals surface area (Å²) in [6.45, 7) is 4.31. The maximum absolute atomic E-state index is 12.6. The van der Waals surface area contributed by atoms with Gasteiger partial charge < -0.3 is 9.84 Å². The molecule has 1 aliphatic heterocycles. The first-order valence-electron chi connectivity index (χ1n) is 8.39. The number of halogens is 2. The minimum atomic E-state index is -0.381. The Morgan fingerprint density at radius 2 is 2.00 bits per heavy atom. The number of aryl methyl sites for hydroxylation is 2. The summed E-state index contributed by atoms with van der Waals surface area (Å²) in [6, 6.07) is 9.38. The van der Waals surface area contributed by atoms with Gasteiger partial charge in [0.15, 0.2) is 0 Å². The highest BCUT2D eigenvalue weighted by Gasteiger charge is 2.35. The van der Waals surface area contributed by atoms with E-state index < -0.39 is 0 Å². The number of carbonyl (C=O) groups is 2. The normalized spacial score (nSPS) is 15.6. The molecule has 1 heterocycles. The van der Waals surface area contributed by atoms with Crippen molar-refractivity contribution in [3.8, 4) is 11.5 Å². The fraction of sp³-hybridized carbons (Fsp3) is 0.200. The summed E-state index contributed by atoms with van der Waals surface area (Å²) in [5.74, 6) is 0.443. The number of aromatic hydroxyl groups is 1. The third-order valence-corrected chi connectivity index (χ3v) is 6.32. The second-order valence-corrected chi connectivity index (χ2v) is 9.35. The zero-order chi connectivity index (χ0) is 20.4. The Bertz CT molecular complexity index is 992. The van der Waals surface area contributed by atoms with Gasteiger partial charge in [0.05, 0.1) is 15.0 Å². The van der Waals surface area contributed by atoms with E-state index in [9.17, 15) is 14.7 Å². The standard InChI is InChI=1S/C20H17BrINO4S/c1-11-3-4-12(2)16(7-11)27-6-5-23-19(25)17(28-20(23)26)9-13-8-14(21)10-15(22)18(13)24/h3-4,7-10,24H,5-6H2,1-2H3/b17-9-. The minimum Gasteiger partial charge on any atom is -0.506 e. The lowest BCUT2D eigenvalue weighted by molar-refractivity contribution is -0.123. The molecule has 2 amide bonds. The molecule has 0 bridgehead atoms. The number of carbonyl (C=O) groups excluding carboxylic acids is 2. The summed E-state index contributed by atoms with van der Waals surface area (Å²) in [5.41, 5.74) is 2.56. The smallest absolute Gasteiger partial charge is 0.293 e. The molecule has 0 saturated carbocycles. The first kappa shape index (κ1) is 21.2. The highest BCUT2D eigenvalue weighted by molar-refractivity contribution is 14.1. The monoisotopic (exact) mass is 573 g/mol. The Morgan fingerprint density at radius 1 is 1.25 bits per heavy atom. The molecule has 0 spiro atoms. The first-order chi connectivity index (χ1) is 13.3. The average molecular weight is 574 g/mol. The van der Waals surface area contributed by atoms with Gasteiger partial charge in [-0.05, 0) is 83.6 Å². The second-order valence-electron chi connectivity index (χ2n) is 6.28. The molecule has 1 aliphatic rings. The number of benzene rings is 2. The molecule has 3 rings (SSSR count). The molecule has 1 saturated heterocycles. The van der Waals surface area contributed by atoms with Crippen LogP contribution in [0, 0.1) is 17.4 Å². The zero-order valence-electron chi connectivity index (χ0n) is 15.2. The molecule has 0 atom stereocenters. The van der Waals surface area contributed by atoms with Crippen LogP contribution in [0.4, 0.5) is 4.79 Å². The van der Waals surface area contributed by atoms with Crippen LogP contribution in [-0.4, -0.2) is 34.3 Å². The van der Waals surface area contributed by atoms with Crippen molar-refractivity contribution in [3.05, 3.63) is 60.0 Å². The van der Waals surface area contributed by atoms with Crippen LogP contribution in [0.1, 0.15) is 16.7 Å². The molecule has 2 aromatic carbocycles. The molecule has 1 N–H and O–H groups in total. The number of phenolic OH excluding ortho intramolecular Hbond substituents is 1. The molecule has 8 heteroatoms. The van der Waals surface area contributed by atoms with Crippen molar-refractivity contribution in [2.45, 2.75) is 13.8 Å². The van der Waals surface area contributed by atoms with Gasteiger partial charge in [0.25, 0.3) is 11.1 Å². The molecule has 0 radical (unpaired) electrons. The van der Waals surface area contributed by atoms with Gasteiger partial charge in [0.2, 0.25) is 0 Å². The maximum Gasteiger partial charge on any atom is 0.293 e. The van der Waals surface area contributed by atoms with Crippen LogP contribution in [0.5, 0.6) is 11.5 Å². The van der Waals surface area contributed by atoms with E-state index in [-0.39, 0.29) is 35.0 Å². The summed E-state index contributed by atoms with van der Waals surface area (Å²) < 4.78 is 7.19. The van der Waals surface area contributed by atoms with Gasteiger partial charge in [-0.3, -0.25) is 14.5 Å². The van der Waals surface area contributed by atoms with E-state index in [1.54, 1.807) is 18.2 Å². The van der Waals surface area contributed by atoms with Crippen LogP contribution < -0.4 is 4.74 Å². The van der Waals surface area contributed by atoms with Crippen molar-refractivity contribution < 1.29 is 19.4 Å². The number of nitrogens with zero attached hydrogens (tertiary/aromatic N) is 1. The van der Waals surface area contributed by atoms with Crippen molar-refractivity contribution >= 4 is 67.5 Å². The van der Waals surface area contributed by atoms with Crippen LogP contribution in [0.2, 0.25) is 0 Å². The van der Waals surface area contributed by atoms with E-state index in [0.717, 1.165) is 33.1 Å². The molecule has 0 aliphatic carbocycles. The Balaban J connectivity index is 1.71. The number of imide groups is 1. The predicted octanol–water partition coefficient (Wildman–Crippen LogP) is 5.49. The van der Waals surface area contributed by atoms with Crippen molar-refractivity contribution in [2.24, 2.45) is 0 Å². The Labute approximate surface area is 189 Å². The minimum absolute atomic E-state index is 0.0776. The molecule has 0 unspecified atom stereocenters. The highest BCUT2D eigenvalue weighted by Crippen LogP contribution is 2.36. The largest absolute Gasteiger partial charge is 0.506 e. The average Bonchev–Trinajstić information content (AvgIpc) is 2.89. The van der Waals surface area contributed by atoms with E-state index in [0.29, 0.717) is 9.13 Å². The quantitative estimate of drug-likeness (QED) is 0.378. The Hall–Kier alpha value is -1.52. The summed E-state index contributed by atoms with van der Waals surface area (Å²) in [4.78, 5) is 26.3. The maximum atomic E-state index is 12.6. The molecule has 146 valence electrons. The summed E-state index contributed by atoms with van der Waals surface area (Å²) in [7, 11) is 0. The molecular weight excluding hydrogens is 557 g/mol. The summed E-state index contributed by atoms with van der Waals surface area (Å²) in [5, 5.41) is 9.86. The predicted molar refractivity (Wildman–Crippen MR) is 123 cm³/mol. The van der Waals surface area contributed by atoms with Crippen LogP contribution in [-0.2, 0) is 4.79 Å². The zero-order valence-corrected chi connectivity index (χ0v) is 19.7. The number of thioether (sulfide) groups is 1. The SMILES string of the molecule is Cc1ccc(C)c(OCCN2C(=O)S/C(=C\c3cc(Br)cc(I)c3O)C2=O)c1. The van der Waals surface area contributed by atoms with E-state index in [2.05, 4.69) is 15.9 Å². The van der Waals surface area contributed by atoms with Crippen molar-refractivity contribution in [2.75, 3.05) is 13.2 Å². The molecular formula is C20H17BrINO4S. The van der Waals surface area contributed by atoms with E-state index in [1.807, 2.05) is 54.6 Å². The highest BCUT2D eigenvalue weighted by atomic mass is 127.